The fraction of sp³-hybridized carbons (Fsp3) is 0.390. The number of hydrogen-bond acceptors (Lipinski definition) is 14. The number of anilines is 1. The Bertz CT molecular complexity index is 1940. The maximum absolute atomic E-state index is 13.3. The van der Waals surface area contributed by atoms with E-state index in [-0.39, 0.29) is 38.9 Å². The van der Waals surface area contributed by atoms with Crippen LogP contribution >= 0.6 is 0 Å². The molecular formula is C41H47N3O13. The Morgan fingerprint density at radius 2 is 1.49 bits per heavy atom. The molecule has 304 valence electrons. The summed E-state index contributed by atoms with van der Waals surface area (Å²) in [5.74, 6) is -0.174. The van der Waals surface area contributed by atoms with Crippen LogP contribution in [0, 0.1) is 0 Å². The minimum Gasteiger partial charge on any atom is -0.497 e. The lowest BCUT2D eigenvalue weighted by atomic mass is 9.80. The highest BCUT2D eigenvalue weighted by molar-refractivity contribution is 5.87. The average molecular weight is 790 g/mol. The number of amides is 1. The number of methoxy groups -OCH3 is 2. The van der Waals surface area contributed by atoms with Crippen molar-refractivity contribution < 1.29 is 57.4 Å². The third-order valence-corrected chi connectivity index (χ3v) is 9.09. The van der Waals surface area contributed by atoms with E-state index in [4.69, 9.17) is 37.9 Å². The van der Waals surface area contributed by atoms with Crippen molar-refractivity contribution in [1.82, 2.24) is 9.55 Å². The predicted molar refractivity (Wildman–Crippen MR) is 203 cm³/mol. The molecule has 5 atom stereocenters. The molecule has 1 amide bonds. The molecule has 0 aliphatic carbocycles. The van der Waals surface area contributed by atoms with Crippen LogP contribution in [0.2, 0.25) is 0 Å². The second-order valence-corrected chi connectivity index (χ2v) is 13.0. The van der Waals surface area contributed by atoms with E-state index in [1.54, 1.807) is 14.2 Å². The molecule has 57 heavy (non-hydrogen) atoms. The van der Waals surface area contributed by atoms with Crippen LogP contribution < -0.4 is 20.5 Å². The van der Waals surface area contributed by atoms with Crippen LogP contribution in [-0.4, -0.2) is 97.8 Å². The molecule has 1 aliphatic heterocycles. The molecule has 0 bridgehead atoms. The summed E-state index contributed by atoms with van der Waals surface area (Å²) in [6, 6.07) is 25.9. The van der Waals surface area contributed by atoms with Crippen molar-refractivity contribution >= 4 is 23.7 Å². The highest BCUT2D eigenvalue weighted by Gasteiger charge is 2.48. The molecular weight excluding hydrogens is 742 g/mol. The first-order valence-corrected chi connectivity index (χ1v) is 18.1. The van der Waals surface area contributed by atoms with Gasteiger partial charge in [0.25, 0.3) is 0 Å². The summed E-state index contributed by atoms with van der Waals surface area (Å²) in [6.07, 6.45) is -4.02. The van der Waals surface area contributed by atoms with Crippen molar-refractivity contribution in [3.05, 3.63) is 118 Å². The molecule has 3 aromatic carbocycles. The number of esters is 2. The number of aliphatic hydroxyl groups excluding tert-OH is 1. The molecule has 16 nitrogen and oxygen atoms in total. The van der Waals surface area contributed by atoms with Gasteiger partial charge < -0.3 is 48.3 Å². The Morgan fingerprint density at radius 3 is 2.04 bits per heavy atom. The molecule has 5 rings (SSSR count). The van der Waals surface area contributed by atoms with Crippen LogP contribution in [0.4, 0.5) is 5.82 Å². The van der Waals surface area contributed by atoms with E-state index in [1.165, 1.54) is 33.0 Å². The molecule has 4 aromatic rings. The van der Waals surface area contributed by atoms with Gasteiger partial charge in [0.2, 0.25) is 5.91 Å². The van der Waals surface area contributed by atoms with E-state index in [2.05, 4.69) is 10.3 Å². The molecule has 1 unspecified atom stereocenters. The van der Waals surface area contributed by atoms with Crippen molar-refractivity contribution in [2.75, 3.05) is 46.1 Å². The van der Waals surface area contributed by atoms with Gasteiger partial charge >= 0.3 is 17.6 Å². The fourth-order valence-corrected chi connectivity index (χ4v) is 6.42. The van der Waals surface area contributed by atoms with E-state index < -0.39 is 59.8 Å². The number of nitrogens with one attached hydrogen (secondary N) is 1. The number of carbonyl (C=O) groups excluding carboxylic acids is 3. The Labute approximate surface area is 329 Å². The van der Waals surface area contributed by atoms with Gasteiger partial charge in [0.05, 0.1) is 27.4 Å². The van der Waals surface area contributed by atoms with Crippen LogP contribution in [0.15, 0.2) is 95.9 Å². The van der Waals surface area contributed by atoms with Gasteiger partial charge in [-0.05, 0) is 47.0 Å². The van der Waals surface area contributed by atoms with Gasteiger partial charge in [-0.15, -0.1) is 0 Å². The average Bonchev–Trinajstić information content (AvgIpc) is 3.51. The summed E-state index contributed by atoms with van der Waals surface area (Å²) in [5, 5.41) is 14.3. The second-order valence-electron chi connectivity index (χ2n) is 13.0. The number of aromatic nitrogens is 2. The van der Waals surface area contributed by atoms with Crippen LogP contribution in [0.1, 0.15) is 50.1 Å². The summed E-state index contributed by atoms with van der Waals surface area (Å²) < 4.78 is 47.3. The van der Waals surface area contributed by atoms with Gasteiger partial charge in [-0.2, -0.15) is 4.98 Å². The number of rotatable bonds is 19. The summed E-state index contributed by atoms with van der Waals surface area (Å²) >= 11 is 0. The van der Waals surface area contributed by atoms with Crippen molar-refractivity contribution in [3.8, 4) is 11.5 Å². The summed E-state index contributed by atoms with van der Waals surface area (Å²) in [6.45, 7) is 3.08. The van der Waals surface area contributed by atoms with E-state index in [0.29, 0.717) is 11.5 Å². The number of carbonyl (C=O) groups is 3. The Kier molecular flexibility index (Phi) is 14.9. The standard InChI is InChI=1S/C41H47N3O13/c1-26(45)42-36-19-21-44(40(49)43-36)39-38(54-25-52-22-20-34(56-28(3)47)23-53-27(2)46)37(48)35(57-39)24-55-41(29-9-7-6-8-10-29,30-11-15-32(50-4)16-12-30)31-13-17-33(51-5)18-14-31/h6-19,21,34-35,37-39,48H,20,22-25H2,1-5H3,(H,42,43,45,49)/t34?,35-,37-,38-,39-/m1/s1. The number of ether oxygens (including phenoxy) is 8. The lowest BCUT2D eigenvalue weighted by Crippen LogP contribution is -2.41. The first-order chi connectivity index (χ1) is 27.4. The zero-order valence-corrected chi connectivity index (χ0v) is 32.3. The van der Waals surface area contributed by atoms with Crippen LogP contribution in [0.3, 0.4) is 0 Å². The second kappa shape index (κ2) is 20.0. The van der Waals surface area contributed by atoms with E-state index >= 15 is 0 Å². The summed E-state index contributed by atoms with van der Waals surface area (Å²) in [7, 11) is 3.16. The summed E-state index contributed by atoms with van der Waals surface area (Å²) in [5.41, 5.74) is 0.252. The van der Waals surface area contributed by atoms with E-state index in [0.717, 1.165) is 21.3 Å². The monoisotopic (exact) mass is 789 g/mol. The molecule has 2 heterocycles. The Morgan fingerprint density at radius 1 is 0.877 bits per heavy atom. The van der Waals surface area contributed by atoms with Crippen molar-refractivity contribution in [3.63, 3.8) is 0 Å². The SMILES string of the molecule is COc1ccc(C(OC[C@H]2O[C@@H](n3ccc(NC(C)=O)nc3=O)[C@H](OCOCCC(COC(C)=O)OC(C)=O)[C@@H]2O)(c2ccccc2)c2ccc(OC)cc2)cc1. The first kappa shape index (κ1) is 42.5. The zero-order chi connectivity index (χ0) is 41.0. The van der Waals surface area contributed by atoms with Gasteiger partial charge in [0.15, 0.2) is 6.23 Å². The van der Waals surface area contributed by atoms with Gasteiger partial charge in [0.1, 0.15) is 60.7 Å². The zero-order valence-electron chi connectivity index (χ0n) is 32.3. The third kappa shape index (κ3) is 10.8. The maximum Gasteiger partial charge on any atom is 0.351 e. The smallest absolute Gasteiger partial charge is 0.351 e. The van der Waals surface area contributed by atoms with E-state index in [1.807, 2.05) is 78.9 Å². The van der Waals surface area contributed by atoms with Gasteiger partial charge in [-0.25, -0.2) is 4.79 Å². The number of nitrogens with zero attached hydrogens (tertiary/aromatic N) is 2. The van der Waals surface area contributed by atoms with E-state index in [9.17, 15) is 24.3 Å². The Balaban J connectivity index is 1.44. The van der Waals surface area contributed by atoms with Crippen molar-refractivity contribution in [1.29, 1.82) is 0 Å². The quantitative estimate of drug-likeness (QED) is 0.0605. The number of hydrogen-bond donors (Lipinski definition) is 2. The highest BCUT2D eigenvalue weighted by Crippen LogP contribution is 2.43. The molecule has 16 heteroatoms. The number of aliphatic hydroxyl groups is 1. The summed E-state index contributed by atoms with van der Waals surface area (Å²) in [4.78, 5) is 51.8. The topological polar surface area (TPSA) is 192 Å². The molecule has 0 spiro atoms. The molecule has 1 aliphatic rings. The molecule has 1 aromatic heterocycles. The van der Waals surface area contributed by atoms with Crippen molar-refractivity contribution in [2.24, 2.45) is 0 Å². The van der Waals surface area contributed by atoms with Gasteiger partial charge in [-0.1, -0.05) is 54.6 Å². The fourth-order valence-electron chi connectivity index (χ4n) is 6.42. The highest BCUT2D eigenvalue weighted by atomic mass is 16.7. The van der Waals surface area contributed by atoms with Gasteiger partial charge in [0, 0.05) is 33.4 Å². The molecule has 0 radical (unpaired) electrons. The maximum atomic E-state index is 13.3. The number of benzene rings is 3. The molecule has 0 saturated carbocycles. The lowest BCUT2D eigenvalue weighted by Gasteiger charge is -2.37. The third-order valence-electron chi connectivity index (χ3n) is 9.09. The lowest BCUT2D eigenvalue weighted by molar-refractivity contribution is -0.161. The normalized spacial score (nSPS) is 18.4. The minimum atomic E-state index is -1.36. The van der Waals surface area contributed by atoms with Crippen LogP contribution in [0.5, 0.6) is 11.5 Å². The predicted octanol–water partition coefficient (Wildman–Crippen LogP) is 3.73. The largest absolute Gasteiger partial charge is 0.497 e. The molecule has 1 saturated heterocycles. The molecule has 2 N–H and O–H groups in total. The molecule has 1 fully saturated rings. The first-order valence-electron chi connectivity index (χ1n) is 18.1. The van der Waals surface area contributed by atoms with Gasteiger partial charge in [-0.3, -0.25) is 19.0 Å². The Hall–Kier alpha value is -5.65. The minimum absolute atomic E-state index is 0.0241. The van der Waals surface area contributed by atoms with Crippen molar-refractivity contribution in [2.45, 2.75) is 63.4 Å². The van der Waals surface area contributed by atoms with Crippen LogP contribution in [0.25, 0.3) is 0 Å². The van der Waals surface area contributed by atoms with Crippen LogP contribution in [-0.2, 0) is 48.4 Å².